The Morgan fingerprint density at radius 2 is 2.16 bits per heavy atom. The van der Waals surface area contributed by atoms with Crippen LogP contribution in [-0.2, 0) is 0 Å². The van der Waals surface area contributed by atoms with Gasteiger partial charge in [0.05, 0.1) is 5.69 Å². The monoisotopic (exact) mass is 259 g/mol. The summed E-state index contributed by atoms with van der Waals surface area (Å²) in [5.41, 5.74) is 3.33. The smallest absolute Gasteiger partial charge is 0.143 e. The molecular formula is C14H21N5. The highest BCUT2D eigenvalue weighted by Gasteiger charge is 2.07. The molecule has 0 amide bonds. The summed E-state index contributed by atoms with van der Waals surface area (Å²) in [6.45, 7) is 6.51. The Labute approximate surface area is 114 Å². The van der Waals surface area contributed by atoms with E-state index >= 15 is 0 Å². The number of hydrogen-bond donors (Lipinski definition) is 1. The maximum Gasteiger partial charge on any atom is 0.143 e. The van der Waals surface area contributed by atoms with Gasteiger partial charge in [0, 0.05) is 11.7 Å². The van der Waals surface area contributed by atoms with E-state index in [9.17, 15) is 0 Å². The summed E-state index contributed by atoms with van der Waals surface area (Å²) in [6, 6.07) is 6.83. The molecule has 0 spiro atoms. The van der Waals surface area contributed by atoms with Crippen molar-refractivity contribution in [3.8, 4) is 5.69 Å². The summed E-state index contributed by atoms with van der Waals surface area (Å²) in [4.78, 5) is 0. The minimum Gasteiger partial charge on any atom is -0.382 e. The molecule has 102 valence electrons. The molecule has 1 aromatic carbocycles. The molecule has 0 fully saturated rings. The third kappa shape index (κ3) is 3.30. The summed E-state index contributed by atoms with van der Waals surface area (Å²) in [5, 5.41) is 14.8. The summed E-state index contributed by atoms with van der Waals surface area (Å²) in [5.74, 6) is 0. The lowest BCUT2D eigenvalue weighted by atomic mass is 10.1. The normalized spacial score (nSPS) is 12.4. The first-order chi connectivity index (χ1) is 9.24. The fourth-order valence-corrected chi connectivity index (χ4v) is 2.24. The van der Waals surface area contributed by atoms with Crippen LogP contribution >= 0.6 is 0 Å². The molecule has 0 saturated carbocycles. The van der Waals surface area contributed by atoms with E-state index in [0.717, 1.165) is 23.4 Å². The van der Waals surface area contributed by atoms with E-state index in [4.69, 9.17) is 0 Å². The van der Waals surface area contributed by atoms with Crippen LogP contribution in [0.15, 0.2) is 24.5 Å². The number of aromatic nitrogens is 4. The van der Waals surface area contributed by atoms with Gasteiger partial charge in [0.15, 0.2) is 0 Å². The summed E-state index contributed by atoms with van der Waals surface area (Å²) in [7, 11) is 0. The molecule has 1 heterocycles. The van der Waals surface area contributed by atoms with Crippen molar-refractivity contribution in [2.24, 2.45) is 0 Å². The van der Waals surface area contributed by atoms with Crippen molar-refractivity contribution in [2.75, 3.05) is 5.32 Å². The van der Waals surface area contributed by atoms with E-state index < -0.39 is 0 Å². The Balaban J connectivity index is 2.15. The number of nitrogens with one attached hydrogen (secondary N) is 1. The third-order valence-electron chi connectivity index (χ3n) is 3.29. The van der Waals surface area contributed by atoms with Gasteiger partial charge >= 0.3 is 0 Å². The van der Waals surface area contributed by atoms with Crippen molar-refractivity contribution in [1.29, 1.82) is 0 Å². The fraction of sp³-hybridized carbons (Fsp3) is 0.500. The standard InChI is InChI=1S/C14H21N5/c1-4-6-12(5-2)16-13-7-8-14(11(3)9-13)19-10-15-17-18-19/h7-10,12,16H,4-6H2,1-3H3. The zero-order valence-electron chi connectivity index (χ0n) is 11.8. The SMILES string of the molecule is CCCC(CC)Nc1ccc(-n2cnnn2)c(C)c1. The van der Waals surface area contributed by atoms with E-state index in [0.29, 0.717) is 6.04 Å². The molecule has 1 unspecified atom stereocenters. The van der Waals surface area contributed by atoms with Crippen LogP contribution in [0, 0.1) is 6.92 Å². The highest BCUT2D eigenvalue weighted by molar-refractivity contribution is 5.53. The van der Waals surface area contributed by atoms with E-state index in [1.807, 2.05) is 6.07 Å². The van der Waals surface area contributed by atoms with Gasteiger partial charge in [0.2, 0.25) is 0 Å². The van der Waals surface area contributed by atoms with Crippen molar-refractivity contribution < 1.29 is 0 Å². The molecule has 0 aliphatic rings. The molecule has 5 nitrogen and oxygen atoms in total. The van der Waals surface area contributed by atoms with Gasteiger partial charge in [0.25, 0.3) is 0 Å². The first-order valence-electron chi connectivity index (χ1n) is 6.85. The maximum atomic E-state index is 3.92. The van der Waals surface area contributed by atoms with Gasteiger partial charge in [-0.05, 0) is 54.0 Å². The summed E-state index contributed by atoms with van der Waals surface area (Å²) < 4.78 is 1.68. The largest absolute Gasteiger partial charge is 0.382 e. The first-order valence-corrected chi connectivity index (χ1v) is 6.85. The van der Waals surface area contributed by atoms with E-state index in [1.54, 1.807) is 11.0 Å². The van der Waals surface area contributed by atoms with Crippen LogP contribution in [-0.4, -0.2) is 26.2 Å². The molecule has 0 saturated heterocycles. The number of nitrogens with zero attached hydrogens (tertiary/aromatic N) is 4. The maximum absolute atomic E-state index is 3.92. The van der Waals surface area contributed by atoms with E-state index in [1.165, 1.54) is 12.8 Å². The lowest BCUT2D eigenvalue weighted by Gasteiger charge is -2.18. The van der Waals surface area contributed by atoms with Crippen LogP contribution in [0.1, 0.15) is 38.7 Å². The van der Waals surface area contributed by atoms with Crippen LogP contribution in [0.3, 0.4) is 0 Å². The second-order valence-electron chi connectivity index (χ2n) is 4.79. The Hall–Kier alpha value is -1.91. The highest BCUT2D eigenvalue weighted by atomic mass is 15.5. The second-order valence-corrected chi connectivity index (χ2v) is 4.79. The Bertz CT molecular complexity index is 507. The van der Waals surface area contributed by atoms with Crippen LogP contribution in [0.5, 0.6) is 0 Å². The third-order valence-corrected chi connectivity index (χ3v) is 3.29. The zero-order valence-corrected chi connectivity index (χ0v) is 11.8. The molecular weight excluding hydrogens is 238 g/mol. The molecule has 1 N–H and O–H groups in total. The topological polar surface area (TPSA) is 55.6 Å². The molecule has 0 aliphatic heterocycles. The van der Waals surface area contributed by atoms with Crippen LogP contribution in [0.4, 0.5) is 5.69 Å². The molecule has 2 aromatic rings. The van der Waals surface area contributed by atoms with E-state index in [2.05, 4.69) is 53.7 Å². The van der Waals surface area contributed by atoms with Gasteiger partial charge in [-0.2, -0.15) is 0 Å². The highest BCUT2D eigenvalue weighted by Crippen LogP contribution is 2.19. The quantitative estimate of drug-likeness (QED) is 0.866. The molecule has 0 bridgehead atoms. The van der Waals surface area contributed by atoms with Gasteiger partial charge in [-0.15, -0.1) is 5.10 Å². The number of aryl methyl sites for hydroxylation is 1. The zero-order chi connectivity index (χ0) is 13.7. The van der Waals surface area contributed by atoms with Gasteiger partial charge in [0.1, 0.15) is 6.33 Å². The lowest BCUT2D eigenvalue weighted by molar-refractivity contribution is 0.623. The van der Waals surface area contributed by atoms with E-state index in [-0.39, 0.29) is 0 Å². The predicted molar refractivity (Wildman–Crippen MR) is 76.5 cm³/mol. The average Bonchev–Trinajstić information content (AvgIpc) is 2.92. The summed E-state index contributed by atoms with van der Waals surface area (Å²) >= 11 is 0. The minimum absolute atomic E-state index is 0.545. The molecule has 1 atom stereocenters. The number of tetrazole rings is 1. The van der Waals surface area contributed by atoms with Crippen molar-refractivity contribution >= 4 is 5.69 Å². The van der Waals surface area contributed by atoms with Gasteiger partial charge < -0.3 is 5.32 Å². The van der Waals surface area contributed by atoms with Gasteiger partial charge in [-0.25, -0.2) is 4.68 Å². The second kappa shape index (κ2) is 6.31. The van der Waals surface area contributed by atoms with Crippen LogP contribution < -0.4 is 5.32 Å². The van der Waals surface area contributed by atoms with Crippen molar-refractivity contribution in [3.05, 3.63) is 30.1 Å². The van der Waals surface area contributed by atoms with Crippen LogP contribution in [0.2, 0.25) is 0 Å². The van der Waals surface area contributed by atoms with Crippen molar-refractivity contribution in [1.82, 2.24) is 20.2 Å². The Morgan fingerprint density at radius 1 is 1.32 bits per heavy atom. The molecule has 1 aromatic heterocycles. The van der Waals surface area contributed by atoms with Gasteiger partial charge in [-0.1, -0.05) is 20.3 Å². The Kier molecular flexibility index (Phi) is 4.49. The number of benzene rings is 1. The number of hydrogen-bond acceptors (Lipinski definition) is 4. The first kappa shape index (κ1) is 13.5. The Morgan fingerprint density at radius 3 is 2.74 bits per heavy atom. The van der Waals surface area contributed by atoms with Gasteiger partial charge in [-0.3, -0.25) is 0 Å². The van der Waals surface area contributed by atoms with Crippen LogP contribution in [0.25, 0.3) is 5.69 Å². The lowest BCUT2D eigenvalue weighted by Crippen LogP contribution is -2.18. The number of rotatable bonds is 6. The molecule has 5 heteroatoms. The minimum atomic E-state index is 0.545. The molecule has 0 aliphatic carbocycles. The number of anilines is 1. The molecule has 0 radical (unpaired) electrons. The molecule has 19 heavy (non-hydrogen) atoms. The fourth-order valence-electron chi connectivity index (χ4n) is 2.24. The molecule has 2 rings (SSSR count). The van der Waals surface area contributed by atoms with Crippen molar-refractivity contribution in [2.45, 2.75) is 46.1 Å². The average molecular weight is 259 g/mol. The summed E-state index contributed by atoms with van der Waals surface area (Å²) in [6.07, 6.45) is 5.15. The van der Waals surface area contributed by atoms with Crippen molar-refractivity contribution in [3.63, 3.8) is 0 Å². The predicted octanol–water partition coefficient (Wildman–Crippen LogP) is 2.96.